The van der Waals surface area contributed by atoms with Crippen molar-refractivity contribution in [3.05, 3.63) is 47.9 Å². The number of nitrogens with zero attached hydrogens (tertiary/aromatic N) is 2. The maximum absolute atomic E-state index is 10.2. The first-order valence-electron chi connectivity index (χ1n) is 8.19. The quantitative estimate of drug-likeness (QED) is 0.522. The number of methoxy groups -OCH3 is 1. The van der Waals surface area contributed by atoms with Crippen LogP contribution >= 0.6 is 0 Å². The van der Waals surface area contributed by atoms with Crippen LogP contribution in [0.25, 0.3) is 10.9 Å². The summed E-state index contributed by atoms with van der Waals surface area (Å²) in [6.07, 6.45) is 5.27. The van der Waals surface area contributed by atoms with Crippen molar-refractivity contribution in [2.24, 2.45) is 0 Å². The van der Waals surface area contributed by atoms with Gasteiger partial charge in [0.05, 0.1) is 13.2 Å². The van der Waals surface area contributed by atoms with E-state index in [1.807, 2.05) is 24.4 Å². The molecule has 2 atom stereocenters. The van der Waals surface area contributed by atoms with E-state index in [9.17, 15) is 5.11 Å². The highest BCUT2D eigenvalue weighted by molar-refractivity contribution is 5.84. The van der Waals surface area contributed by atoms with E-state index in [-0.39, 0.29) is 12.0 Å². The van der Waals surface area contributed by atoms with E-state index in [2.05, 4.69) is 27.2 Å². The van der Waals surface area contributed by atoms with Gasteiger partial charge in [-0.3, -0.25) is 0 Å². The number of aliphatic hydroxyl groups excluding tert-OH is 1. The Hall–Kier alpha value is -2.64. The van der Waals surface area contributed by atoms with E-state index < -0.39 is 6.10 Å². The van der Waals surface area contributed by atoms with Crippen LogP contribution in [0.4, 0.5) is 5.95 Å². The summed E-state index contributed by atoms with van der Waals surface area (Å²) in [6.45, 7) is 2.51. The van der Waals surface area contributed by atoms with Crippen LogP contribution in [0.3, 0.4) is 0 Å². The van der Waals surface area contributed by atoms with Crippen molar-refractivity contribution in [1.82, 2.24) is 20.3 Å². The Morgan fingerprint density at radius 1 is 1.32 bits per heavy atom. The normalized spacial score (nSPS) is 13.7. The average Bonchev–Trinajstić information content (AvgIpc) is 3.02. The second-order valence-corrected chi connectivity index (χ2v) is 6.13. The molecule has 3 aromatic rings. The monoisotopic (exact) mass is 341 g/mol. The number of aromatic nitrogens is 3. The van der Waals surface area contributed by atoms with Crippen LogP contribution in [0.2, 0.25) is 0 Å². The zero-order valence-corrected chi connectivity index (χ0v) is 14.4. The van der Waals surface area contributed by atoms with Crippen LogP contribution < -0.4 is 15.8 Å². The van der Waals surface area contributed by atoms with Gasteiger partial charge in [0.1, 0.15) is 5.75 Å². The molecule has 2 aromatic heterocycles. The van der Waals surface area contributed by atoms with Crippen molar-refractivity contribution in [1.29, 1.82) is 0 Å². The third-order valence-corrected chi connectivity index (χ3v) is 4.24. The number of aromatic amines is 1. The Balaban J connectivity index is 1.60. The second kappa shape index (κ2) is 7.50. The number of rotatable bonds is 7. The molecule has 0 spiro atoms. The number of hydrogen-bond donors (Lipinski definition) is 4. The number of anilines is 1. The Morgan fingerprint density at radius 2 is 2.08 bits per heavy atom. The lowest BCUT2D eigenvalue weighted by molar-refractivity contribution is 0.170. The van der Waals surface area contributed by atoms with Crippen molar-refractivity contribution < 1.29 is 9.84 Å². The lowest BCUT2D eigenvalue weighted by atomic mass is 10.1. The van der Waals surface area contributed by atoms with Gasteiger partial charge < -0.3 is 25.9 Å². The third-order valence-electron chi connectivity index (χ3n) is 4.24. The summed E-state index contributed by atoms with van der Waals surface area (Å²) in [6, 6.07) is 6.18. The third kappa shape index (κ3) is 4.07. The van der Waals surface area contributed by atoms with E-state index >= 15 is 0 Å². The predicted molar refractivity (Wildman–Crippen MR) is 97.4 cm³/mol. The Bertz CT molecular complexity index is 831. The van der Waals surface area contributed by atoms with E-state index in [4.69, 9.17) is 10.5 Å². The summed E-state index contributed by atoms with van der Waals surface area (Å²) in [5, 5.41) is 14.7. The molecule has 7 heteroatoms. The number of fused-ring (bicyclic) bond motifs is 1. The highest BCUT2D eigenvalue weighted by atomic mass is 16.5. The lowest BCUT2D eigenvalue weighted by Gasteiger charge is -2.17. The van der Waals surface area contributed by atoms with Gasteiger partial charge in [-0.2, -0.15) is 0 Å². The van der Waals surface area contributed by atoms with Gasteiger partial charge in [-0.25, -0.2) is 9.97 Å². The minimum atomic E-state index is -0.675. The zero-order chi connectivity index (χ0) is 17.8. The Labute approximate surface area is 146 Å². The molecule has 132 valence electrons. The summed E-state index contributed by atoms with van der Waals surface area (Å²) in [7, 11) is 1.67. The molecule has 0 aliphatic rings. The van der Waals surface area contributed by atoms with E-state index in [1.54, 1.807) is 19.5 Å². The minimum Gasteiger partial charge on any atom is -0.497 e. The van der Waals surface area contributed by atoms with E-state index in [0.717, 1.165) is 23.1 Å². The van der Waals surface area contributed by atoms with Crippen LogP contribution in [-0.4, -0.2) is 39.8 Å². The van der Waals surface area contributed by atoms with Gasteiger partial charge in [0, 0.05) is 47.6 Å². The lowest BCUT2D eigenvalue weighted by Crippen LogP contribution is -2.32. The first kappa shape index (κ1) is 17.2. The number of hydrogen-bond acceptors (Lipinski definition) is 6. The maximum atomic E-state index is 10.2. The fourth-order valence-corrected chi connectivity index (χ4v) is 2.81. The Kier molecular flexibility index (Phi) is 5.16. The van der Waals surface area contributed by atoms with Gasteiger partial charge >= 0.3 is 0 Å². The molecule has 2 unspecified atom stereocenters. The van der Waals surface area contributed by atoms with Crippen molar-refractivity contribution in [3.8, 4) is 5.75 Å². The topological polar surface area (TPSA) is 109 Å². The molecule has 7 nitrogen and oxygen atoms in total. The number of nitrogens with one attached hydrogen (secondary N) is 2. The molecule has 0 aliphatic carbocycles. The molecule has 0 aliphatic heterocycles. The molecule has 2 heterocycles. The standard InChI is InChI=1S/C18H23N5O2/c1-11(20-10-17(24)13-8-22-18(19)23-9-13)5-12-7-21-16-4-3-14(25-2)6-15(12)16/h3-4,6-9,11,17,20-21,24H,5,10H2,1-2H3,(H2,19,22,23). The number of nitrogen functional groups attached to an aromatic ring is 1. The van der Waals surface area contributed by atoms with Crippen LogP contribution in [0.1, 0.15) is 24.2 Å². The molecule has 1 aromatic carbocycles. The summed E-state index contributed by atoms with van der Waals surface area (Å²) in [4.78, 5) is 11.1. The van der Waals surface area contributed by atoms with Gasteiger partial charge in [-0.15, -0.1) is 0 Å². The van der Waals surface area contributed by atoms with Crippen LogP contribution in [0, 0.1) is 0 Å². The highest BCUT2D eigenvalue weighted by Gasteiger charge is 2.13. The van der Waals surface area contributed by atoms with Gasteiger partial charge in [-0.1, -0.05) is 0 Å². The van der Waals surface area contributed by atoms with Crippen LogP contribution in [-0.2, 0) is 6.42 Å². The van der Waals surface area contributed by atoms with Crippen LogP contribution in [0.5, 0.6) is 5.75 Å². The van der Waals surface area contributed by atoms with Crippen molar-refractivity contribution in [3.63, 3.8) is 0 Å². The van der Waals surface area contributed by atoms with Crippen LogP contribution in [0.15, 0.2) is 36.8 Å². The molecular formula is C18H23N5O2. The summed E-state index contributed by atoms with van der Waals surface area (Å²) in [5.74, 6) is 1.04. The zero-order valence-electron chi connectivity index (χ0n) is 14.4. The number of aliphatic hydroxyl groups is 1. The summed E-state index contributed by atoms with van der Waals surface area (Å²) < 4.78 is 5.30. The summed E-state index contributed by atoms with van der Waals surface area (Å²) in [5.41, 5.74) is 8.40. The summed E-state index contributed by atoms with van der Waals surface area (Å²) >= 11 is 0. The van der Waals surface area contributed by atoms with Gasteiger partial charge in [0.25, 0.3) is 0 Å². The second-order valence-electron chi connectivity index (χ2n) is 6.13. The largest absolute Gasteiger partial charge is 0.497 e. The van der Waals surface area contributed by atoms with E-state index in [0.29, 0.717) is 12.1 Å². The predicted octanol–water partition coefficient (Wildman–Crippen LogP) is 1.80. The molecular weight excluding hydrogens is 318 g/mol. The van der Waals surface area contributed by atoms with Crippen molar-refractivity contribution in [2.75, 3.05) is 19.4 Å². The van der Waals surface area contributed by atoms with Gasteiger partial charge in [0.15, 0.2) is 0 Å². The molecule has 3 rings (SSSR count). The molecule has 0 bridgehead atoms. The molecule has 0 fully saturated rings. The van der Waals surface area contributed by atoms with E-state index in [1.165, 1.54) is 5.56 Å². The fourth-order valence-electron chi connectivity index (χ4n) is 2.81. The maximum Gasteiger partial charge on any atom is 0.219 e. The highest BCUT2D eigenvalue weighted by Crippen LogP contribution is 2.24. The molecule has 25 heavy (non-hydrogen) atoms. The van der Waals surface area contributed by atoms with Gasteiger partial charge in [0.2, 0.25) is 5.95 Å². The number of nitrogens with two attached hydrogens (primary N) is 1. The molecule has 0 amide bonds. The molecule has 0 radical (unpaired) electrons. The van der Waals surface area contributed by atoms with Crippen molar-refractivity contribution in [2.45, 2.75) is 25.5 Å². The smallest absolute Gasteiger partial charge is 0.219 e. The van der Waals surface area contributed by atoms with Crippen molar-refractivity contribution >= 4 is 16.9 Å². The number of benzene rings is 1. The van der Waals surface area contributed by atoms with Gasteiger partial charge in [-0.05, 0) is 37.1 Å². The molecule has 0 saturated carbocycles. The first-order valence-corrected chi connectivity index (χ1v) is 8.19. The molecule has 5 N–H and O–H groups in total. The number of H-pyrrole nitrogens is 1. The minimum absolute atomic E-state index is 0.189. The first-order chi connectivity index (χ1) is 12.1. The fraction of sp³-hybridized carbons (Fsp3) is 0.333. The Morgan fingerprint density at radius 3 is 2.80 bits per heavy atom. The number of ether oxygens (including phenoxy) is 1. The molecule has 0 saturated heterocycles. The SMILES string of the molecule is COc1ccc2[nH]cc(CC(C)NCC(O)c3cnc(N)nc3)c2c1. The average molecular weight is 341 g/mol.